The van der Waals surface area contributed by atoms with Gasteiger partial charge >= 0.3 is 12.0 Å². The summed E-state index contributed by atoms with van der Waals surface area (Å²) >= 11 is 0. The molecular formula is C11H23N3O3. The topological polar surface area (TPSA) is 72.9 Å². The minimum absolute atomic E-state index is 0.335. The van der Waals surface area contributed by atoms with Crippen LogP contribution in [-0.4, -0.2) is 67.2 Å². The van der Waals surface area contributed by atoms with Crippen LogP contribution in [0.3, 0.4) is 0 Å². The second kappa shape index (κ2) is 7.89. The first-order valence-electron chi connectivity index (χ1n) is 5.77. The van der Waals surface area contributed by atoms with Gasteiger partial charge in [-0.15, -0.1) is 0 Å². The Morgan fingerprint density at radius 2 is 1.82 bits per heavy atom. The maximum absolute atomic E-state index is 11.6. The van der Waals surface area contributed by atoms with Gasteiger partial charge in [-0.3, -0.25) is 0 Å². The summed E-state index contributed by atoms with van der Waals surface area (Å²) in [6, 6.07) is -1.14. The van der Waals surface area contributed by atoms with Gasteiger partial charge in [0, 0.05) is 13.6 Å². The fraction of sp³-hybridized carbons (Fsp3) is 0.818. The van der Waals surface area contributed by atoms with Crippen molar-refractivity contribution in [2.75, 3.05) is 34.2 Å². The van der Waals surface area contributed by atoms with Crippen molar-refractivity contribution in [3.05, 3.63) is 0 Å². The average Bonchev–Trinajstić information content (AvgIpc) is 2.24. The number of urea groups is 1. The minimum atomic E-state index is -0.998. The van der Waals surface area contributed by atoms with E-state index >= 15 is 0 Å². The lowest BCUT2D eigenvalue weighted by atomic mass is 10.2. The molecule has 2 amide bonds. The summed E-state index contributed by atoms with van der Waals surface area (Å²) < 4.78 is 0. The van der Waals surface area contributed by atoms with Gasteiger partial charge in [0.1, 0.15) is 6.04 Å². The number of carbonyl (C=O) groups is 2. The van der Waals surface area contributed by atoms with Crippen LogP contribution < -0.4 is 5.32 Å². The van der Waals surface area contributed by atoms with Crippen molar-refractivity contribution in [1.82, 2.24) is 15.1 Å². The highest BCUT2D eigenvalue weighted by Crippen LogP contribution is 1.95. The number of nitrogens with one attached hydrogen (secondary N) is 1. The normalized spacial score (nSPS) is 12.3. The van der Waals surface area contributed by atoms with Gasteiger partial charge in [0.2, 0.25) is 0 Å². The van der Waals surface area contributed by atoms with Crippen LogP contribution in [0.5, 0.6) is 0 Å². The zero-order valence-corrected chi connectivity index (χ0v) is 11.1. The Morgan fingerprint density at radius 3 is 2.24 bits per heavy atom. The van der Waals surface area contributed by atoms with Crippen LogP contribution in [0, 0.1) is 0 Å². The largest absolute Gasteiger partial charge is 0.480 e. The van der Waals surface area contributed by atoms with Crippen LogP contribution >= 0.6 is 0 Å². The molecule has 0 bridgehead atoms. The van der Waals surface area contributed by atoms with Gasteiger partial charge in [0.25, 0.3) is 0 Å². The highest BCUT2D eigenvalue weighted by Gasteiger charge is 2.19. The number of hydrogen-bond donors (Lipinski definition) is 2. The molecule has 6 heteroatoms. The van der Waals surface area contributed by atoms with E-state index in [1.807, 2.05) is 19.0 Å². The molecule has 1 atom stereocenters. The number of amides is 2. The summed E-state index contributed by atoms with van der Waals surface area (Å²) in [5.41, 5.74) is 0. The summed E-state index contributed by atoms with van der Waals surface area (Å²) in [7, 11) is 5.61. The Hall–Kier alpha value is -1.30. The molecule has 2 N–H and O–H groups in total. The molecule has 6 nitrogen and oxygen atoms in total. The number of rotatable bonds is 7. The number of carbonyl (C=O) groups excluding carboxylic acids is 1. The summed E-state index contributed by atoms with van der Waals surface area (Å²) in [5.74, 6) is -0.998. The van der Waals surface area contributed by atoms with Gasteiger partial charge in [-0.25, -0.2) is 9.59 Å². The van der Waals surface area contributed by atoms with E-state index in [9.17, 15) is 9.59 Å². The quantitative estimate of drug-likeness (QED) is 0.683. The fourth-order valence-corrected chi connectivity index (χ4v) is 1.32. The Labute approximate surface area is 103 Å². The average molecular weight is 245 g/mol. The zero-order chi connectivity index (χ0) is 13.4. The first-order valence-corrected chi connectivity index (χ1v) is 5.77. The molecule has 0 rings (SSSR count). The fourth-order valence-electron chi connectivity index (χ4n) is 1.32. The van der Waals surface area contributed by atoms with Crippen LogP contribution in [0.25, 0.3) is 0 Å². The van der Waals surface area contributed by atoms with E-state index in [0.717, 1.165) is 13.0 Å². The predicted molar refractivity (Wildman–Crippen MR) is 66.0 cm³/mol. The van der Waals surface area contributed by atoms with E-state index in [0.29, 0.717) is 13.0 Å². The molecule has 17 heavy (non-hydrogen) atoms. The van der Waals surface area contributed by atoms with Crippen molar-refractivity contribution in [3.8, 4) is 0 Å². The van der Waals surface area contributed by atoms with Gasteiger partial charge in [-0.2, -0.15) is 0 Å². The van der Waals surface area contributed by atoms with Crippen molar-refractivity contribution in [1.29, 1.82) is 0 Å². The minimum Gasteiger partial charge on any atom is -0.480 e. The second-order valence-corrected chi connectivity index (χ2v) is 4.33. The third kappa shape index (κ3) is 6.78. The molecule has 100 valence electrons. The van der Waals surface area contributed by atoms with E-state index in [2.05, 4.69) is 5.32 Å². The van der Waals surface area contributed by atoms with Crippen LogP contribution in [0.4, 0.5) is 4.79 Å². The second-order valence-electron chi connectivity index (χ2n) is 4.33. The molecule has 0 saturated heterocycles. The lowest BCUT2D eigenvalue weighted by molar-refractivity contribution is -0.139. The molecule has 0 aromatic heterocycles. The van der Waals surface area contributed by atoms with Crippen LogP contribution in [-0.2, 0) is 4.79 Å². The molecule has 0 heterocycles. The summed E-state index contributed by atoms with van der Waals surface area (Å²) in [6.45, 7) is 3.24. The summed E-state index contributed by atoms with van der Waals surface area (Å²) in [4.78, 5) is 25.9. The lowest BCUT2D eigenvalue weighted by Gasteiger charge is -2.21. The molecule has 0 aliphatic heterocycles. The van der Waals surface area contributed by atoms with Crippen LogP contribution in [0.15, 0.2) is 0 Å². The SMILES string of the molecule is CCC(NC(=O)N(C)CCCN(C)C)C(=O)O. The lowest BCUT2D eigenvalue weighted by Crippen LogP contribution is -2.46. The maximum Gasteiger partial charge on any atom is 0.326 e. The van der Waals surface area contributed by atoms with E-state index < -0.39 is 12.0 Å². The molecule has 1 unspecified atom stereocenters. The van der Waals surface area contributed by atoms with Gasteiger partial charge in [0.05, 0.1) is 0 Å². The third-order valence-corrected chi connectivity index (χ3v) is 2.45. The number of carboxylic acids is 1. The zero-order valence-electron chi connectivity index (χ0n) is 11.1. The molecule has 0 aliphatic rings. The third-order valence-electron chi connectivity index (χ3n) is 2.45. The Balaban J connectivity index is 4.00. The molecule has 0 radical (unpaired) electrons. The van der Waals surface area contributed by atoms with Crippen molar-refractivity contribution in [3.63, 3.8) is 0 Å². The first-order chi connectivity index (χ1) is 7.88. The van der Waals surface area contributed by atoms with E-state index in [1.165, 1.54) is 4.90 Å². The van der Waals surface area contributed by atoms with Gasteiger partial charge in [-0.05, 0) is 33.5 Å². The molecule has 0 aliphatic carbocycles. The van der Waals surface area contributed by atoms with Crippen molar-refractivity contribution < 1.29 is 14.7 Å². The molecule has 0 aromatic rings. The maximum atomic E-state index is 11.6. The highest BCUT2D eigenvalue weighted by molar-refractivity contribution is 5.82. The van der Waals surface area contributed by atoms with Crippen molar-refractivity contribution in [2.45, 2.75) is 25.8 Å². The number of nitrogens with zero attached hydrogens (tertiary/aromatic N) is 2. The summed E-state index contributed by atoms with van der Waals surface area (Å²) in [5, 5.41) is 11.3. The number of aliphatic carboxylic acids is 1. The number of hydrogen-bond acceptors (Lipinski definition) is 3. The van der Waals surface area contributed by atoms with Crippen LogP contribution in [0.2, 0.25) is 0 Å². The van der Waals surface area contributed by atoms with Crippen molar-refractivity contribution in [2.24, 2.45) is 0 Å². The Bertz CT molecular complexity index is 256. The Morgan fingerprint density at radius 1 is 1.24 bits per heavy atom. The highest BCUT2D eigenvalue weighted by atomic mass is 16.4. The Kier molecular flexibility index (Phi) is 7.29. The number of carboxylic acid groups (broad SMARTS) is 1. The first kappa shape index (κ1) is 15.7. The molecular weight excluding hydrogens is 222 g/mol. The van der Waals surface area contributed by atoms with E-state index in [1.54, 1.807) is 14.0 Å². The van der Waals surface area contributed by atoms with Crippen LogP contribution in [0.1, 0.15) is 19.8 Å². The smallest absolute Gasteiger partial charge is 0.326 e. The molecule has 0 aromatic carbocycles. The van der Waals surface area contributed by atoms with E-state index in [4.69, 9.17) is 5.11 Å². The molecule has 0 spiro atoms. The molecule has 0 fully saturated rings. The standard InChI is InChI=1S/C11H23N3O3/c1-5-9(10(15)16)12-11(17)14(4)8-6-7-13(2)3/h9H,5-8H2,1-4H3,(H,12,17)(H,15,16). The van der Waals surface area contributed by atoms with Gasteiger partial charge < -0.3 is 20.2 Å². The van der Waals surface area contributed by atoms with Crippen molar-refractivity contribution >= 4 is 12.0 Å². The predicted octanol–water partition coefficient (Wildman–Crippen LogP) is 0.443. The van der Waals surface area contributed by atoms with Gasteiger partial charge in [0.15, 0.2) is 0 Å². The molecule has 0 saturated carbocycles. The summed E-state index contributed by atoms with van der Waals surface area (Å²) in [6.07, 6.45) is 1.24. The monoisotopic (exact) mass is 245 g/mol. The van der Waals surface area contributed by atoms with E-state index in [-0.39, 0.29) is 6.03 Å². The van der Waals surface area contributed by atoms with Gasteiger partial charge in [-0.1, -0.05) is 6.92 Å².